The van der Waals surface area contributed by atoms with Gasteiger partial charge in [0.15, 0.2) is 0 Å². The molecule has 0 atom stereocenters. The Kier molecular flexibility index (Phi) is 4.13. The summed E-state index contributed by atoms with van der Waals surface area (Å²) < 4.78 is 0. The molecule has 3 N–H and O–H groups in total. The average molecular weight is 192 g/mol. The van der Waals surface area contributed by atoms with Gasteiger partial charge in [0.1, 0.15) is 0 Å². The minimum absolute atomic E-state index is 0.113. The Morgan fingerprint density at radius 1 is 1.36 bits per heavy atom. The van der Waals surface area contributed by atoms with Crippen LogP contribution in [-0.4, -0.2) is 19.0 Å². The van der Waals surface area contributed by atoms with Crippen LogP contribution in [0.25, 0.3) is 0 Å². The summed E-state index contributed by atoms with van der Waals surface area (Å²) in [5.41, 5.74) is 0.636. The number of carbonyl (C=O) groups is 1. The van der Waals surface area contributed by atoms with E-state index in [4.69, 9.17) is 5.84 Å². The molecule has 0 aliphatic carbocycles. The summed E-state index contributed by atoms with van der Waals surface area (Å²) in [5, 5.41) is 9.29. The molecule has 0 spiro atoms. The average Bonchev–Trinajstić information content (AvgIpc) is 2.25. The number of amides is 1. The predicted octanol–water partition coefficient (Wildman–Crippen LogP) is 0.742. The van der Waals surface area contributed by atoms with Crippen molar-refractivity contribution in [3.05, 3.63) is 35.9 Å². The highest BCUT2D eigenvalue weighted by molar-refractivity contribution is 5.94. The van der Waals surface area contributed by atoms with Gasteiger partial charge < -0.3 is 11.2 Å². The van der Waals surface area contributed by atoms with Crippen LogP contribution < -0.4 is 11.2 Å². The molecule has 0 saturated carbocycles. The number of hydrogen-bond donors (Lipinski definition) is 2. The second-order valence-corrected chi connectivity index (χ2v) is 2.60. The normalized spacial score (nSPS) is 10.3. The third-order valence-corrected chi connectivity index (χ3v) is 1.61. The van der Waals surface area contributed by atoms with E-state index in [1.54, 1.807) is 12.1 Å². The van der Waals surface area contributed by atoms with E-state index in [1.165, 1.54) is 0 Å². The Balaban J connectivity index is 2.36. The molecule has 0 aliphatic heterocycles. The maximum Gasteiger partial charge on any atom is 0.251 e. The van der Waals surface area contributed by atoms with Crippen LogP contribution in [0.4, 0.5) is 0 Å². The summed E-state index contributed by atoms with van der Waals surface area (Å²) in [6.07, 6.45) is 0. The second kappa shape index (κ2) is 5.69. The van der Waals surface area contributed by atoms with Crippen LogP contribution in [0.15, 0.2) is 40.7 Å². The maximum atomic E-state index is 11.4. The van der Waals surface area contributed by atoms with Crippen molar-refractivity contribution in [1.29, 1.82) is 0 Å². The zero-order chi connectivity index (χ0) is 10.2. The van der Waals surface area contributed by atoms with E-state index in [-0.39, 0.29) is 5.91 Å². The van der Waals surface area contributed by atoms with Crippen molar-refractivity contribution >= 4 is 5.91 Å². The molecule has 0 unspecified atom stereocenters. The minimum Gasteiger partial charge on any atom is -0.350 e. The molecule has 0 aromatic heterocycles. The molecule has 74 valence electrons. The van der Waals surface area contributed by atoms with E-state index in [1.807, 2.05) is 18.2 Å². The van der Waals surface area contributed by atoms with Crippen molar-refractivity contribution in [3.8, 4) is 0 Å². The lowest BCUT2D eigenvalue weighted by Gasteiger charge is -2.01. The molecule has 5 nitrogen and oxygen atoms in total. The van der Waals surface area contributed by atoms with Crippen molar-refractivity contribution in [2.24, 2.45) is 16.2 Å². The van der Waals surface area contributed by atoms with Gasteiger partial charge in [-0.25, -0.2) is 0 Å². The lowest BCUT2D eigenvalue weighted by molar-refractivity contribution is 0.0954. The first-order valence-corrected chi connectivity index (χ1v) is 4.24. The van der Waals surface area contributed by atoms with Crippen molar-refractivity contribution < 1.29 is 4.79 Å². The van der Waals surface area contributed by atoms with Crippen LogP contribution in [-0.2, 0) is 0 Å². The van der Waals surface area contributed by atoms with E-state index in [0.717, 1.165) is 0 Å². The maximum absolute atomic E-state index is 11.4. The van der Waals surface area contributed by atoms with Gasteiger partial charge in [0.25, 0.3) is 5.91 Å². The molecule has 14 heavy (non-hydrogen) atoms. The largest absolute Gasteiger partial charge is 0.350 e. The number of benzene rings is 1. The van der Waals surface area contributed by atoms with Gasteiger partial charge in [0, 0.05) is 12.1 Å². The molecule has 1 amide bonds. The standard InChI is InChI=1S/C9H12N4O/c10-13-12-7-6-11-9(14)8-4-2-1-3-5-8/h1-5H,6-7H2,(H2,10,12)(H,11,14). The number of nitrogens with two attached hydrogens (primary N) is 1. The van der Waals surface area contributed by atoms with Crippen molar-refractivity contribution in [1.82, 2.24) is 5.32 Å². The predicted molar refractivity (Wildman–Crippen MR) is 52.7 cm³/mol. The van der Waals surface area contributed by atoms with Crippen molar-refractivity contribution in [2.75, 3.05) is 13.1 Å². The molecule has 0 fully saturated rings. The topological polar surface area (TPSA) is 79.8 Å². The van der Waals surface area contributed by atoms with Gasteiger partial charge in [-0.2, -0.15) is 5.11 Å². The first kappa shape index (κ1) is 10.2. The monoisotopic (exact) mass is 192 g/mol. The lowest BCUT2D eigenvalue weighted by atomic mass is 10.2. The van der Waals surface area contributed by atoms with Crippen LogP contribution in [0.3, 0.4) is 0 Å². The number of nitrogens with zero attached hydrogens (tertiary/aromatic N) is 2. The molecule has 1 aromatic rings. The minimum atomic E-state index is -0.113. The number of hydrogen-bond acceptors (Lipinski definition) is 3. The highest BCUT2D eigenvalue weighted by Crippen LogP contribution is 1.96. The molecule has 5 heteroatoms. The first-order valence-electron chi connectivity index (χ1n) is 4.24. The van der Waals surface area contributed by atoms with E-state index in [0.29, 0.717) is 18.7 Å². The number of rotatable bonds is 4. The van der Waals surface area contributed by atoms with E-state index < -0.39 is 0 Å². The van der Waals surface area contributed by atoms with Crippen LogP contribution >= 0.6 is 0 Å². The highest BCUT2D eigenvalue weighted by atomic mass is 16.1. The van der Waals surface area contributed by atoms with Crippen LogP contribution in [0.5, 0.6) is 0 Å². The van der Waals surface area contributed by atoms with Gasteiger partial charge in [-0.1, -0.05) is 23.4 Å². The van der Waals surface area contributed by atoms with Crippen LogP contribution in [0.2, 0.25) is 0 Å². The number of nitrogens with one attached hydrogen (secondary N) is 1. The van der Waals surface area contributed by atoms with Gasteiger partial charge in [-0.05, 0) is 12.1 Å². The highest BCUT2D eigenvalue weighted by Gasteiger charge is 2.01. The smallest absolute Gasteiger partial charge is 0.251 e. The quantitative estimate of drug-likeness (QED) is 0.319. The van der Waals surface area contributed by atoms with Crippen LogP contribution in [0.1, 0.15) is 10.4 Å². The molecule has 0 radical (unpaired) electrons. The van der Waals surface area contributed by atoms with E-state index in [2.05, 4.69) is 15.7 Å². The lowest BCUT2D eigenvalue weighted by Crippen LogP contribution is -2.25. The van der Waals surface area contributed by atoms with Gasteiger partial charge in [-0.3, -0.25) is 4.79 Å². The van der Waals surface area contributed by atoms with E-state index >= 15 is 0 Å². The zero-order valence-corrected chi connectivity index (χ0v) is 7.68. The Labute approximate surface area is 82.0 Å². The molecule has 0 aliphatic rings. The van der Waals surface area contributed by atoms with Crippen molar-refractivity contribution in [3.63, 3.8) is 0 Å². The molecular weight excluding hydrogens is 180 g/mol. The Morgan fingerprint density at radius 2 is 2.07 bits per heavy atom. The fourth-order valence-corrected chi connectivity index (χ4v) is 0.969. The fraction of sp³-hybridized carbons (Fsp3) is 0.222. The molecule has 1 aromatic carbocycles. The SMILES string of the molecule is NN=NCCNC(=O)c1ccccc1. The molecule has 1 rings (SSSR count). The summed E-state index contributed by atoms with van der Waals surface area (Å²) in [4.78, 5) is 11.4. The molecule has 0 heterocycles. The summed E-state index contributed by atoms with van der Waals surface area (Å²) >= 11 is 0. The first-order chi connectivity index (χ1) is 6.84. The fourth-order valence-electron chi connectivity index (χ4n) is 0.969. The van der Waals surface area contributed by atoms with Crippen molar-refractivity contribution in [2.45, 2.75) is 0 Å². The third-order valence-electron chi connectivity index (χ3n) is 1.61. The van der Waals surface area contributed by atoms with Crippen LogP contribution in [0, 0.1) is 0 Å². The molecule has 0 saturated heterocycles. The Morgan fingerprint density at radius 3 is 2.71 bits per heavy atom. The molecule has 0 bridgehead atoms. The van der Waals surface area contributed by atoms with Gasteiger partial charge in [0.2, 0.25) is 0 Å². The third kappa shape index (κ3) is 3.22. The Hall–Kier alpha value is -1.91. The summed E-state index contributed by atoms with van der Waals surface area (Å²) in [6.45, 7) is 0.837. The molecular formula is C9H12N4O. The van der Waals surface area contributed by atoms with Gasteiger partial charge in [-0.15, -0.1) is 0 Å². The summed E-state index contributed by atoms with van der Waals surface area (Å²) in [7, 11) is 0. The zero-order valence-electron chi connectivity index (χ0n) is 7.68. The number of carbonyl (C=O) groups excluding carboxylic acids is 1. The van der Waals surface area contributed by atoms with Gasteiger partial charge >= 0.3 is 0 Å². The van der Waals surface area contributed by atoms with E-state index in [9.17, 15) is 4.79 Å². The van der Waals surface area contributed by atoms with Gasteiger partial charge in [0.05, 0.1) is 6.54 Å². The second-order valence-electron chi connectivity index (χ2n) is 2.60. The summed E-state index contributed by atoms with van der Waals surface area (Å²) in [5.74, 6) is 4.69. The summed E-state index contributed by atoms with van der Waals surface area (Å²) in [6, 6.07) is 8.99. The Bertz CT molecular complexity index is 310.